The van der Waals surface area contributed by atoms with Gasteiger partial charge in [0.25, 0.3) is 5.91 Å². The minimum Gasteiger partial charge on any atom is -0.497 e. The SMILES string of the molecule is COC(=O)c1cc(NC(=O)c2ccc(Cc3cc(OC)ccc3OC)o2)cc(C(=O)OC)c1. The third kappa shape index (κ3) is 5.51. The van der Waals surface area contributed by atoms with E-state index >= 15 is 0 Å². The number of anilines is 1. The number of methoxy groups -OCH3 is 4. The molecule has 9 heteroatoms. The Morgan fingerprint density at radius 1 is 0.818 bits per heavy atom. The van der Waals surface area contributed by atoms with Crippen molar-refractivity contribution in [3.63, 3.8) is 0 Å². The van der Waals surface area contributed by atoms with Crippen molar-refractivity contribution in [2.45, 2.75) is 6.42 Å². The van der Waals surface area contributed by atoms with E-state index in [0.29, 0.717) is 23.7 Å². The Balaban J connectivity index is 1.81. The summed E-state index contributed by atoms with van der Waals surface area (Å²) in [6, 6.07) is 12.7. The topological polar surface area (TPSA) is 113 Å². The van der Waals surface area contributed by atoms with Gasteiger partial charge in [-0.05, 0) is 48.5 Å². The number of carbonyl (C=O) groups excluding carboxylic acids is 3. The fourth-order valence-corrected chi connectivity index (χ4v) is 3.17. The molecule has 1 N–H and O–H groups in total. The van der Waals surface area contributed by atoms with E-state index in [-0.39, 0.29) is 22.6 Å². The lowest BCUT2D eigenvalue weighted by Gasteiger charge is -2.09. The molecule has 33 heavy (non-hydrogen) atoms. The van der Waals surface area contributed by atoms with E-state index in [1.54, 1.807) is 32.4 Å². The van der Waals surface area contributed by atoms with Crippen LogP contribution in [0, 0.1) is 0 Å². The van der Waals surface area contributed by atoms with Crippen molar-refractivity contribution in [2.24, 2.45) is 0 Å². The maximum atomic E-state index is 12.7. The smallest absolute Gasteiger partial charge is 0.337 e. The molecule has 0 unspecified atom stereocenters. The molecule has 1 aromatic heterocycles. The minimum absolute atomic E-state index is 0.0509. The normalized spacial score (nSPS) is 10.3. The fourth-order valence-electron chi connectivity index (χ4n) is 3.17. The molecular formula is C24H23NO8. The number of carbonyl (C=O) groups is 3. The van der Waals surface area contributed by atoms with Crippen molar-refractivity contribution in [1.29, 1.82) is 0 Å². The first kappa shape index (κ1) is 23.4. The van der Waals surface area contributed by atoms with E-state index in [0.717, 1.165) is 5.56 Å². The number of rotatable bonds is 8. The quantitative estimate of drug-likeness (QED) is 0.514. The lowest BCUT2D eigenvalue weighted by molar-refractivity contribution is 0.0599. The molecule has 1 heterocycles. The van der Waals surface area contributed by atoms with Crippen LogP contribution in [0.2, 0.25) is 0 Å². The Kier molecular flexibility index (Phi) is 7.34. The third-order valence-electron chi connectivity index (χ3n) is 4.77. The van der Waals surface area contributed by atoms with Gasteiger partial charge in [0.15, 0.2) is 5.76 Å². The van der Waals surface area contributed by atoms with E-state index < -0.39 is 17.8 Å². The molecule has 0 saturated heterocycles. The number of furan rings is 1. The van der Waals surface area contributed by atoms with Crippen LogP contribution in [-0.2, 0) is 15.9 Å². The summed E-state index contributed by atoms with van der Waals surface area (Å²) in [6.07, 6.45) is 0.373. The van der Waals surface area contributed by atoms with Crippen molar-refractivity contribution < 1.29 is 37.7 Å². The maximum Gasteiger partial charge on any atom is 0.337 e. The van der Waals surface area contributed by atoms with Crippen molar-refractivity contribution in [1.82, 2.24) is 0 Å². The summed E-state index contributed by atoms with van der Waals surface area (Å²) in [5.74, 6) is 0.0276. The van der Waals surface area contributed by atoms with Crippen LogP contribution >= 0.6 is 0 Å². The Labute approximate surface area is 190 Å². The highest BCUT2D eigenvalue weighted by Crippen LogP contribution is 2.27. The Morgan fingerprint density at radius 3 is 2.06 bits per heavy atom. The highest BCUT2D eigenvalue weighted by atomic mass is 16.5. The number of nitrogens with one attached hydrogen (secondary N) is 1. The summed E-state index contributed by atoms with van der Waals surface area (Å²) in [5, 5.41) is 2.62. The molecule has 0 saturated carbocycles. The molecule has 0 aliphatic heterocycles. The first-order valence-corrected chi connectivity index (χ1v) is 9.81. The standard InChI is InChI=1S/C24H23NO8/c1-29-18-5-7-20(30-2)14(12-18)13-19-6-8-21(33-19)22(26)25-17-10-15(23(27)31-3)9-16(11-17)24(28)32-4/h5-12H,13H2,1-4H3,(H,25,26). The van der Waals surface area contributed by atoms with Crippen LogP contribution in [0.4, 0.5) is 5.69 Å². The summed E-state index contributed by atoms with van der Waals surface area (Å²) in [5.41, 5.74) is 1.20. The summed E-state index contributed by atoms with van der Waals surface area (Å²) < 4.78 is 25.7. The number of amides is 1. The molecule has 0 atom stereocenters. The third-order valence-corrected chi connectivity index (χ3v) is 4.77. The lowest BCUT2D eigenvalue weighted by Crippen LogP contribution is -2.13. The summed E-state index contributed by atoms with van der Waals surface area (Å²) in [6.45, 7) is 0. The van der Waals surface area contributed by atoms with Crippen molar-refractivity contribution >= 4 is 23.5 Å². The van der Waals surface area contributed by atoms with Gasteiger partial charge in [-0.25, -0.2) is 9.59 Å². The predicted octanol–water partition coefficient (Wildman–Crippen LogP) is 3.71. The summed E-state index contributed by atoms with van der Waals surface area (Å²) >= 11 is 0. The molecule has 3 rings (SSSR count). The molecule has 0 fully saturated rings. The van der Waals surface area contributed by atoms with Crippen LogP contribution in [0.3, 0.4) is 0 Å². The molecule has 3 aromatic rings. The minimum atomic E-state index is -0.663. The van der Waals surface area contributed by atoms with Gasteiger partial charge in [0, 0.05) is 17.7 Å². The van der Waals surface area contributed by atoms with Gasteiger partial charge in [-0.2, -0.15) is 0 Å². The van der Waals surface area contributed by atoms with Crippen molar-refractivity contribution in [3.05, 3.63) is 76.7 Å². The predicted molar refractivity (Wildman–Crippen MR) is 118 cm³/mol. The van der Waals surface area contributed by atoms with Crippen LogP contribution in [0.1, 0.15) is 42.6 Å². The second-order valence-corrected chi connectivity index (χ2v) is 6.86. The average Bonchev–Trinajstić information content (AvgIpc) is 3.31. The Morgan fingerprint density at radius 2 is 1.48 bits per heavy atom. The molecule has 9 nitrogen and oxygen atoms in total. The molecule has 0 spiro atoms. The Bertz CT molecular complexity index is 1150. The lowest BCUT2D eigenvalue weighted by atomic mass is 10.1. The van der Waals surface area contributed by atoms with Gasteiger partial charge in [-0.1, -0.05) is 0 Å². The van der Waals surface area contributed by atoms with Crippen LogP contribution < -0.4 is 14.8 Å². The van der Waals surface area contributed by atoms with Gasteiger partial charge < -0.3 is 28.7 Å². The zero-order chi connectivity index (χ0) is 24.0. The molecule has 172 valence electrons. The summed E-state index contributed by atoms with van der Waals surface area (Å²) in [7, 11) is 5.57. The van der Waals surface area contributed by atoms with E-state index in [4.69, 9.17) is 23.4 Å². The zero-order valence-corrected chi connectivity index (χ0v) is 18.6. The number of esters is 2. The zero-order valence-electron chi connectivity index (χ0n) is 18.6. The number of hydrogen-bond acceptors (Lipinski definition) is 8. The Hall–Kier alpha value is -4.27. The second kappa shape index (κ2) is 10.4. The molecule has 0 bridgehead atoms. The first-order valence-electron chi connectivity index (χ1n) is 9.81. The summed E-state index contributed by atoms with van der Waals surface area (Å²) in [4.78, 5) is 36.6. The average molecular weight is 453 g/mol. The van der Waals surface area contributed by atoms with Gasteiger partial charge in [-0.15, -0.1) is 0 Å². The van der Waals surface area contributed by atoms with Crippen LogP contribution in [0.15, 0.2) is 52.9 Å². The molecule has 0 aliphatic carbocycles. The van der Waals surface area contributed by atoms with Gasteiger partial charge in [0.1, 0.15) is 17.3 Å². The number of hydrogen-bond donors (Lipinski definition) is 1. The van der Waals surface area contributed by atoms with Crippen molar-refractivity contribution in [3.8, 4) is 11.5 Å². The van der Waals surface area contributed by atoms with Gasteiger partial charge in [0.2, 0.25) is 0 Å². The van der Waals surface area contributed by atoms with E-state index in [1.165, 1.54) is 38.5 Å². The van der Waals surface area contributed by atoms with Gasteiger partial charge in [0.05, 0.1) is 39.6 Å². The van der Waals surface area contributed by atoms with Crippen LogP contribution in [0.5, 0.6) is 11.5 Å². The largest absolute Gasteiger partial charge is 0.497 e. The molecular weight excluding hydrogens is 430 g/mol. The van der Waals surface area contributed by atoms with Gasteiger partial charge >= 0.3 is 11.9 Å². The van der Waals surface area contributed by atoms with Crippen molar-refractivity contribution in [2.75, 3.05) is 33.8 Å². The highest BCUT2D eigenvalue weighted by molar-refractivity contribution is 6.04. The molecule has 0 radical (unpaired) electrons. The first-order chi connectivity index (χ1) is 15.9. The highest BCUT2D eigenvalue weighted by Gasteiger charge is 2.18. The van der Waals surface area contributed by atoms with E-state index in [2.05, 4.69) is 5.32 Å². The van der Waals surface area contributed by atoms with Gasteiger partial charge in [-0.3, -0.25) is 4.79 Å². The number of benzene rings is 2. The maximum absolute atomic E-state index is 12.7. The van der Waals surface area contributed by atoms with E-state index in [9.17, 15) is 14.4 Å². The molecule has 2 aromatic carbocycles. The van der Waals surface area contributed by atoms with Crippen LogP contribution in [-0.4, -0.2) is 46.3 Å². The molecule has 0 aliphatic rings. The number of ether oxygens (including phenoxy) is 4. The second-order valence-electron chi connectivity index (χ2n) is 6.86. The molecule has 1 amide bonds. The monoisotopic (exact) mass is 453 g/mol. The fraction of sp³-hybridized carbons (Fsp3) is 0.208. The van der Waals surface area contributed by atoms with Crippen LogP contribution in [0.25, 0.3) is 0 Å². The van der Waals surface area contributed by atoms with E-state index in [1.807, 2.05) is 6.07 Å².